The molecule has 2 rings (SSSR count). The van der Waals surface area contributed by atoms with Crippen molar-refractivity contribution >= 4 is 5.82 Å². The van der Waals surface area contributed by atoms with Gasteiger partial charge in [0.15, 0.2) is 0 Å². The van der Waals surface area contributed by atoms with E-state index in [0.29, 0.717) is 6.54 Å². The van der Waals surface area contributed by atoms with Gasteiger partial charge in [-0.15, -0.1) is 0 Å². The van der Waals surface area contributed by atoms with E-state index in [4.69, 9.17) is 5.73 Å². The van der Waals surface area contributed by atoms with E-state index < -0.39 is 0 Å². The number of aryl methyl sites for hydroxylation is 2. The summed E-state index contributed by atoms with van der Waals surface area (Å²) in [5.74, 6) is 1.74. The van der Waals surface area contributed by atoms with Crippen molar-refractivity contribution in [3.63, 3.8) is 0 Å². The molecule has 1 aromatic heterocycles. The largest absolute Gasteiger partial charge is 0.355 e. The maximum absolute atomic E-state index is 5.77. The molecule has 0 aliphatic rings. The summed E-state index contributed by atoms with van der Waals surface area (Å²) in [7, 11) is 2.04. The van der Waals surface area contributed by atoms with Gasteiger partial charge in [0.05, 0.1) is 0 Å². The smallest absolute Gasteiger partial charge is 0.132 e. The van der Waals surface area contributed by atoms with E-state index in [-0.39, 0.29) is 0 Å². The van der Waals surface area contributed by atoms with Crippen LogP contribution >= 0.6 is 0 Å². The first-order chi connectivity index (χ1) is 9.10. The Balaban J connectivity index is 2.22. The molecule has 4 heteroatoms. The van der Waals surface area contributed by atoms with Crippen LogP contribution in [0, 0.1) is 13.8 Å². The van der Waals surface area contributed by atoms with Gasteiger partial charge in [-0.3, -0.25) is 0 Å². The molecule has 1 aromatic carbocycles. The lowest BCUT2D eigenvalue weighted by molar-refractivity contribution is 0.857. The highest BCUT2D eigenvalue weighted by Crippen LogP contribution is 2.16. The van der Waals surface area contributed by atoms with Gasteiger partial charge in [-0.2, -0.15) is 0 Å². The third kappa shape index (κ3) is 3.29. The molecule has 0 saturated heterocycles. The van der Waals surface area contributed by atoms with Gasteiger partial charge < -0.3 is 10.6 Å². The molecule has 0 amide bonds. The minimum Gasteiger partial charge on any atom is -0.355 e. The lowest BCUT2D eigenvalue weighted by atomic mass is 10.1. The molecule has 100 valence electrons. The minimum absolute atomic E-state index is 0.561. The SMILES string of the molecule is Cc1cc(N(C)Cc2ccccc2CN)nc(C)n1. The zero-order valence-corrected chi connectivity index (χ0v) is 11.7. The summed E-state index contributed by atoms with van der Waals surface area (Å²) in [6.07, 6.45) is 0. The molecule has 2 aromatic rings. The summed E-state index contributed by atoms with van der Waals surface area (Å²) in [6, 6.07) is 10.2. The number of hydrogen-bond acceptors (Lipinski definition) is 4. The molecule has 0 spiro atoms. The Morgan fingerprint density at radius 1 is 1.11 bits per heavy atom. The second-order valence-electron chi connectivity index (χ2n) is 4.74. The van der Waals surface area contributed by atoms with Crippen LogP contribution in [0.2, 0.25) is 0 Å². The first kappa shape index (κ1) is 13.5. The van der Waals surface area contributed by atoms with E-state index in [1.807, 2.05) is 39.1 Å². The van der Waals surface area contributed by atoms with Crippen LogP contribution in [0.25, 0.3) is 0 Å². The number of nitrogens with zero attached hydrogens (tertiary/aromatic N) is 3. The Morgan fingerprint density at radius 2 is 1.79 bits per heavy atom. The molecule has 0 unspecified atom stereocenters. The van der Waals surface area contributed by atoms with Gasteiger partial charge in [0.1, 0.15) is 11.6 Å². The Morgan fingerprint density at radius 3 is 2.42 bits per heavy atom. The fourth-order valence-corrected chi connectivity index (χ4v) is 2.14. The average Bonchev–Trinajstić information content (AvgIpc) is 2.38. The van der Waals surface area contributed by atoms with Gasteiger partial charge >= 0.3 is 0 Å². The van der Waals surface area contributed by atoms with E-state index in [1.165, 1.54) is 11.1 Å². The maximum atomic E-state index is 5.77. The van der Waals surface area contributed by atoms with Crippen molar-refractivity contribution in [1.82, 2.24) is 9.97 Å². The number of benzene rings is 1. The van der Waals surface area contributed by atoms with Gasteiger partial charge in [0, 0.05) is 31.9 Å². The third-order valence-electron chi connectivity index (χ3n) is 3.09. The van der Waals surface area contributed by atoms with Crippen LogP contribution in [-0.4, -0.2) is 17.0 Å². The van der Waals surface area contributed by atoms with Crippen LogP contribution in [0.1, 0.15) is 22.6 Å². The molecule has 0 aliphatic heterocycles. The van der Waals surface area contributed by atoms with Crippen molar-refractivity contribution < 1.29 is 0 Å². The fourth-order valence-electron chi connectivity index (χ4n) is 2.14. The number of rotatable bonds is 4. The Kier molecular flexibility index (Phi) is 4.12. The van der Waals surface area contributed by atoms with Gasteiger partial charge in [-0.1, -0.05) is 24.3 Å². The standard InChI is InChI=1S/C15H20N4/c1-11-8-15(18-12(2)17-11)19(3)10-14-7-5-4-6-13(14)9-16/h4-8H,9-10,16H2,1-3H3. The maximum Gasteiger partial charge on any atom is 0.132 e. The first-order valence-corrected chi connectivity index (χ1v) is 6.40. The molecule has 0 saturated carbocycles. The molecule has 2 N–H and O–H groups in total. The Labute approximate surface area is 114 Å². The second kappa shape index (κ2) is 5.80. The predicted octanol–water partition coefficient (Wildman–Crippen LogP) is 2.19. The summed E-state index contributed by atoms with van der Waals surface area (Å²) in [4.78, 5) is 10.9. The van der Waals surface area contributed by atoms with Gasteiger partial charge in [0.25, 0.3) is 0 Å². The van der Waals surface area contributed by atoms with Crippen molar-refractivity contribution in [1.29, 1.82) is 0 Å². The number of anilines is 1. The monoisotopic (exact) mass is 256 g/mol. The van der Waals surface area contributed by atoms with Gasteiger partial charge in [-0.25, -0.2) is 9.97 Å². The minimum atomic E-state index is 0.561. The number of hydrogen-bond donors (Lipinski definition) is 1. The number of aromatic nitrogens is 2. The molecule has 1 heterocycles. The van der Waals surface area contributed by atoms with Crippen molar-refractivity contribution in [2.45, 2.75) is 26.9 Å². The van der Waals surface area contributed by atoms with Crippen molar-refractivity contribution in [3.05, 3.63) is 53.0 Å². The zero-order valence-electron chi connectivity index (χ0n) is 11.7. The fraction of sp³-hybridized carbons (Fsp3) is 0.333. The van der Waals surface area contributed by atoms with Crippen molar-refractivity contribution in [2.75, 3.05) is 11.9 Å². The van der Waals surface area contributed by atoms with Crippen molar-refractivity contribution in [2.24, 2.45) is 5.73 Å². The van der Waals surface area contributed by atoms with Crippen LogP contribution in [0.4, 0.5) is 5.82 Å². The molecule has 0 aliphatic carbocycles. The Hall–Kier alpha value is -1.94. The average molecular weight is 256 g/mol. The Bertz CT molecular complexity index is 546. The molecule has 19 heavy (non-hydrogen) atoms. The molecule has 4 nitrogen and oxygen atoms in total. The lowest BCUT2D eigenvalue weighted by Gasteiger charge is -2.20. The molecular formula is C15H20N4. The zero-order chi connectivity index (χ0) is 13.8. The number of nitrogens with two attached hydrogens (primary N) is 1. The van der Waals surface area contributed by atoms with Crippen LogP contribution in [0.3, 0.4) is 0 Å². The van der Waals surface area contributed by atoms with E-state index in [1.54, 1.807) is 0 Å². The molecule has 0 bridgehead atoms. The van der Waals surface area contributed by atoms with Crippen LogP contribution in [0.15, 0.2) is 30.3 Å². The van der Waals surface area contributed by atoms with Crippen LogP contribution in [0.5, 0.6) is 0 Å². The van der Waals surface area contributed by atoms with Gasteiger partial charge in [-0.05, 0) is 25.0 Å². The second-order valence-corrected chi connectivity index (χ2v) is 4.74. The van der Waals surface area contributed by atoms with E-state index in [9.17, 15) is 0 Å². The van der Waals surface area contributed by atoms with E-state index in [2.05, 4.69) is 27.0 Å². The summed E-state index contributed by atoms with van der Waals surface area (Å²) >= 11 is 0. The highest BCUT2D eigenvalue weighted by Gasteiger charge is 2.08. The third-order valence-corrected chi connectivity index (χ3v) is 3.09. The van der Waals surface area contributed by atoms with Crippen LogP contribution in [-0.2, 0) is 13.1 Å². The lowest BCUT2D eigenvalue weighted by Crippen LogP contribution is -2.20. The molecule has 0 fully saturated rings. The van der Waals surface area contributed by atoms with E-state index in [0.717, 1.165) is 23.9 Å². The summed E-state index contributed by atoms with van der Waals surface area (Å²) in [5, 5.41) is 0. The van der Waals surface area contributed by atoms with Crippen LogP contribution < -0.4 is 10.6 Å². The predicted molar refractivity (Wildman–Crippen MR) is 77.9 cm³/mol. The molecule has 0 radical (unpaired) electrons. The summed E-state index contributed by atoms with van der Waals surface area (Å²) in [6.45, 7) is 5.26. The topological polar surface area (TPSA) is 55.0 Å². The van der Waals surface area contributed by atoms with E-state index >= 15 is 0 Å². The first-order valence-electron chi connectivity index (χ1n) is 6.40. The molecular weight excluding hydrogens is 236 g/mol. The van der Waals surface area contributed by atoms with Gasteiger partial charge in [0.2, 0.25) is 0 Å². The summed E-state index contributed by atoms with van der Waals surface area (Å²) < 4.78 is 0. The molecule has 0 atom stereocenters. The van der Waals surface area contributed by atoms with Crippen molar-refractivity contribution in [3.8, 4) is 0 Å². The highest BCUT2D eigenvalue weighted by molar-refractivity contribution is 5.41. The summed E-state index contributed by atoms with van der Waals surface area (Å²) in [5.41, 5.74) is 9.17. The highest BCUT2D eigenvalue weighted by atomic mass is 15.2. The normalized spacial score (nSPS) is 10.5. The quantitative estimate of drug-likeness (QED) is 0.911.